The number of hydrogen-bond donors (Lipinski definition) is 1. The molecule has 18 heavy (non-hydrogen) atoms. The molecule has 2 N–H and O–H groups in total. The van der Waals surface area contributed by atoms with Crippen LogP contribution < -0.4 is 5.73 Å². The van der Waals surface area contributed by atoms with Crippen molar-refractivity contribution in [2.24, 2.45) is 17.6 Å². The van der Waals surface area contributed by atoms with Crippen LogP contribution in [0.4, 0.5) is 0 Å². The summed E-state index contributed by atoms with van der Waals surface area (Å²) in [7, 11) is 2.20. The fourth-order valence-corrected chi connectivity index (χ4v) is 2.25. The second-order valence-corrected chi connectivity index (χ2v) is 5.68. The van der Waals surface area contributed by atoms with E-state index < -0.39 is 0 Å². The van der Waals surface area contributed by atoms with Gasteiger partial charge in [0.1, 0.15) is 0 Å². The van der Waals surface area contributed by atoms with Crippen molar-refractivity contribution in [2.75, 3.05) is 26.7 Å². The van der Waals surface area contributed by atoms with Crippen LogP contribution in [0.2, 0.25) is 0 Å². The monoisotopic (exact) mass is 248 g/mol. The summed E-state index contributed by atoms with van der Waals surface area (Å²) < 4.78 is 0. The first-order chi connectivity index (χ1) is 8.54. The Morgan fingerprint density at radius 3 is 2.44 bits per heavy atom. The Kier molecular flexibility index (Phi) is 6.37. The SMILES string of the molecule is Cc1ccccc1CCN(C)CC(CN)C(C)C. The van der Waals surface area contributed by atoms with Crippen LogP contribution in [0, 0.1) is 18.8 Å². The average Bonchev–Trinajstić information content (AvgIpc) is 2.34. The molecule has 1 rings (SSSR count). The van der Waals surface area contributed by atoms with Crippen molar-refractivity contribution in [1.82, 2.24) is 4.90 Å². The first kappa shape index (κ1) is 15.2. The molecule has 0 aromatic heterocycles. The molecule has 2 nitrogen and oxygen atoms in total. The van der Waals surface area contributed by atoms with Gasteiger partial charge in [0, 0.05) is 13.1 Å². The van der Waals surface area contributed by atoms with Crippen LogP contribution in [0.15, 0.2) is 24.3 Å². The lowest BCUT2D eigenvalue weighted by atomic mass is 9.95. The molecule has 0 fully saturated rings. The zero-order chi connectivity index (χ0) is 13.5. The van der Waals surface area contributed by atoms with E-state index in [4.69, 9.17) is 5.73 Å². The highest BCUT2D eigenvalue weighted by Crippen LogP contribution is 2.12. The molecule has 0 aliphatic carbocycles. The molecule has 0 radical (unpaired) electrons. The number of likely N-dealkylation sites (N-methyl/N-ethyl adjacent to an activating group) is 1. The van der Waals surface area contributed by atoms with Crippen molar-refractivity contribution >= 4 is 0 Å². The summed E-state index contributed by atoms with van der Waals surface area (Å²) in [5.41, 5.74) is 8.68. The Morgan fingerprint density at radius 2 is 1.89 bits per heavy atom. The van der Waals surface area contributed by atoms with E-state index in [1.165, 1.54) is 11.1 Å². The van der Waals surface area contributed by atoms with Crippen LogP contribution in [0.25, 0.3) is 0 Å². The van der Waals surface area contributed by atoms with E-state index in [-0.39, 0.29) is 0 Å². The van der Waals surface area contributed by atoms with Crippen LogP contribution in [0.1, 0.15) is 25.0 Å². The lowest BCUT2D eigenvalue weighted by Gasteiger charge is -2.25. The van der Waals surface area contributed by atoms with Gasteiger partial charge in [0.05, 0.1) is 0 Å². The average molecular weight is 248 g/mol. The topological polar surface area (TPSA) is 29.3 Å². The van der Waals surface area contributed by atoms with E-state index in [0.717, 1.165) is 26.1 Å². The van der Waals surface area contributed by atoms with Gasteiger partial charge in [-0.25, -0.2) is 0 Å². The van der Waals surface area contributed by atoms with Gasteiger partial charge in [-0.05, 0) is 49.9 Å². The number of hydrogen-bond acceptors (Lipinski definition) is 2. The summed E-state index contributed by atoms with van der Waals surface area (Å²) in [6.45, 7) is 9.69. The molecule has 0 saturated carbocycles. The molecule has 1 unspecified atom stereocenters. The Hall–Kier alpha value is -0.860. The summed E-state index contributed by atoms with van der Waals surface area (Å²) in [5, 5.41) is 0. The van der Waals surface area contributed by atoms with Crippen molar-refractivity contribution in [1.29, 1.82) is 0 Å². The smallest absolute Gasteiger partial charge is 0.00212 e. The van der Waals surface area contributed by atoms with Gasteiger partial charge in [0.25, 0.3) is 0 Å². The van der Waals surface area contributed by atoms with E-state index >= 15 is 0 Å². The predicted octanol–water partition coefficient (Wildman–Crippen LogP) is 2.70. The van der Waals surface area contributed by atoms with Crippen molar-refractivity contribution in [3.8, 4) is 0 Å². The Labute approximate surface area is 112 Å². The second-order valence-electron chi connectivity index (χ2n) is 5.68. The van der Waals surface area contributed by atoms with Gasteiger partial charge in [-0.1, -0.05) is 38.1 Å². The van der Waals surface area contributed by atoms with Gasteiger partial charge in [-0.3, -0.25) is 0 Å². The lowest BCUT2D eigenvalue weighted by molar-refractivity contribution is 0.242. The molecule has 0 bridgehead atoms. The van der Waals surface area contributed by atoms with Crippen LogP contribution in [0.3, 0.4) is 0 Å². The molecule has 0 heterocycles. The minimum Gasteiger partial charge on any atom is -0.330 e. The van der Waals surface area contributed by atoms with Crippen molar-refractivity contribution in [2.45, 2.75) is 27.2 Å². The van der Waals surface area contributed by atoms with Crippen molar-refractivity contribution in [3.63, 3.8) is 0 Å². The van der Waals surface area contributed by atoms with Crippen molar-refractivity contribution in [3.05, 3.63) is 35.4 Å². The highest BCUT2D eigenvalue weighted by molar-refractivity contribution is 5.25. The van der Waals surface area contributed by atoms with E-state index in [1.54, 1.807) is 0 Å². The van der Waals surface area contributed by atoms with Gasteiger partial charge in [-0.2, -0.15) is 0 Å². The molecule has 0 aliphatic heterocycles. The summed E-state index contributed by atoms with van der Waals surface area (Å²) in [4.78, 5) is 2.41. The first-order valence-corrected chi connectivity index (χ1v) is 6.97. The normalized spacial score (nSPS) is 13.3. The number of nitrogens with two attached hydrogens (primary N) is 1. The quantitative estimate of drug-likeness (QED) is 0.804. The summed E-state index contributed by atoms with van der Waals surface area (Å²) in [6.07, 6.45) is 1.12. The molecule has 1 aromatic rings. The molecular formula is C16H28N2. The molecular weight excluding hydrogens is 220 g/mol. The molecule has 102 valence electrons. The highest BCUT2D eigenvalue weighted by atomic mass is 15.1. The molecule has 0 spiro atoms. The van der Waals surface area contributed by atoms with E-state index in [1.807, 2.05) is 0 Å². The number of nitrogens with zero attached hydrogens (tertiary/aromatic N) is 1. The first-order valence-electron chi connectivity index (χ1n) is 6.97. The van der Waals surface area contributed by atoms with Gasteiger partial charge in [-0.15, -0.1) is 0 Å². The summed E-state index contributed by atoms with van der Waals surface area (Å²) in [5.74, 6) is 1.27. The van der Waals surface area contributed by atoms with Crippen molar-refractivity contribution < 1.29 is 0 Å². The van der Waals surface area contributed by atoms with E-state index in [9.17, 15) is 0 Å². The molecule has 0 aliphatic rings. The molecule has 1 aromatic carbocycles. The summed E-state index contributed by atoms with van der Waals surface area (Å²) in [6, 6.07) is 8.64. The standard InChI is InChI=1S/C16H28N2/c1-13(2)16(11-17)12-18(4)10-9-15-8-6-5-7-14(15)3/h5-8,13,16H,9-12,17H2,1-4H3. The van der Waals surface area contributed by atoms with Gasteiger partial charge < -0.3 is 10.6 Å². The zero-order valence-corrected chi connectivity index (χ0v) is 12.3. The lowest BCUT2D eigenvalue weighted by Crippen LogP contribution is -2.34. The Bertz CT molecular complexity index is 347. The fraction of sp³-hybridized carbons (Fsp3) is 0.625. The van der Waals surface area contributed by atoms with E-state index in [0.29, 0.717) is 11.8 Å². The second kappa shape index (κ2) is 7.55. The zero-order valence-electron chi connectivity index (χ0n) is 12.3. The molecule has 2 heteroatoms. The Balaban J connectivity index is 2.41. The van der Waals surface area contributed by atoms with Gasteiger partial charge in [0.15, 0.2) is 0 Å². The van der Waals surface area contributed by atoms with E-state index in [2.05, 4.69) is 57.0 Å². The molecule has 1 atom stereocenters. The number of benzene rings is 1. The van der Waals surface area contributed by atoms with Crippen LogP contribution in [-0.4, -0.2) is 31.6 Å². The molecule has 0 amide bonds. The third-order valence-electron chi connectivity index (χ3n) is 3.82. The molecule has 0 saturated heterocycles. The largest absolute Gasteiger partial charge is 0.330 e. The van der Waals surface area contributed by atoms with Crippen LogP contribution in [0.5, 0.6) is 0 Å². The number of rotatable bonds is 7. The highest BCUT2D eigenvalue weighted by Gasteiger charge is 2.13. The van der Waals surface area contributed by atoms with Gasteiger partial charge in [0.2, 0.25) is 0 Å². The maximum Gasteiger partial charge on any atom is 0.00212 e. The maximum absolute atomic E-state index is 5.83. The minimum atomic E-state index is 0.604. The third-order valence-corrected chi connectivity index (χ3v) is 3.82. The van der Waals surface area contributed by atoms with Crippen LogP contribution in [-0.2, 0) is 6.42 Å². The maximum atomic E-state index is 5.83. The van der Waals surface area contributed by atoms with Crippen LogP contribution >= 0.6 is 0 Å². The minimum absolute atomic E-state index is 0.604. The fourth-order valence-electron chi connectivity index (χ4n) is 2.25. The predicted molar refractivity (Wildman–Crippen MR) is 79.8 cm³/mol. The third kappa shape index (κ3) is 4.79. The summed E-state index contributed by atoms with van der Waals surface area (Å²) >= 11 is 0. The number of aryl methyl sites for hydroxylation is 1. The van der Waals surface area contributed by atoms with Gasteiger partial charge >= 0.3 is 0 Å². The Morgan fingerprint density at radius 1 is 1.22 bits per heavy atom.